The molecule has 0 aliphatic heterocycles. The van der Waals surface area contributed by atoms with E-state index in [1.54, 1.807) is 0 Å². The van der Waals surface area contributed by atoms with Crippen molar-refractivity contribution in [3.8, 4) is 0 Å². The van der Waals surface area contributed by atoms with Gasteiger partial charge in [0.2, 0.25) is 0 Å². The lowest BCUT2D eigenvalue weighted by Crippen LogP contribution is -2.11. The molecule has 1 fully saturated rings. The minimum Gasteiger partial charge on any atom is -0.330 e. The van der Waals surface area contributed by atoms with Gasteiger partial charge in [-0.1, -0.05) is 28.1 Å². The standard InChI is InChI=1S/C11H14BrNO2S/c1-16(14,15)11-9(6-13)10(11)7-2-4-8(12)5-3-7/h2-5,9-11H,6,13H2,1H3. The van der Waals surface area contributed by atoms with E-state index in [0.717, 1.165) is 10.0 Å². The molecule has 2 rings (SSSR count). The summed E-state index contributed by atoms with van der Waals surface area (Å²) >= 11 is 3.36. The van der Waals surface area contributed by atoms with Gasteiger partial charge in [-0.25, -0.2) is 8.42 Å². The van der Waals surface area contributed by atoms with Gasteiger partial charge in [0, 0.05) is 16.6 Å². The summed E-state index contributed by atoms with van der Waals surface area (Å²) in [6.45, 7) is 0.429. The van der Waals surface area contributed by atoms with E-state index in [9.17, 15) is 8.42 Å². The van der Waals surface area contributed by atoms with Crippen LogP contribution in [0.3, 0.4) is 0 Å². The Bertz CT molecular complexity index is 483. The van der Waals surface area contributed by atoms with Crippen LogP contribution in [0.1, 0.15) is 11.5 Å². The van der Waals surface area contributed by atoms with E-state index in [4.69, 9.17) is 5.73 Å². The molecule has 0 radical (unpaired) electrons. The fourth-order valence-corrected chi connectivity index (χ4v) is 4.31. The second-order valence-corrected chi connectivity index (χ2v) is 7.39. The van der Waals surface area contributed by atoms with Crippen LogP contribution < -0.4 is 5.73 Å². The zero-order valence-electron chi connectivity index (χ0n) is 8.93. The molecular formula is C11H14BrNO2S. The van der Waals surface area contributed by atoms with Crippen molar-refractivity contribution in [2.75, 3.05) is 12.8 Å². The zero-order valence-corrected chi connectivity index (χ0v) is 11.3. The summed E-state index contributed by atoms with van der Waals surface area (Å²) in [6.07, 6.45) is 1.29. The summed E-state index contributed by atoms with van der Waals surface area (Å²) in [5, 5.41) is -0.293. The Kier molecular flexibility index (Phi) is 3.11. The van der Waals surface area contributed by atoms with E-state index in [1.807, 2.05) is 24.3 Å². The van der Waals surface area contributed by atoms with Crippen molar-refractivity contribution in [3.63, 3.8) is 0 Å². The quantitative estimate of drug-likeness (QED) is 0.921. The normalized spacial score (nSPS) is 29.1. The number of rotatable bonds is 3. The van der Waals surface area contributed by atoms with E-state index in [0.29, 0.717) is 6.54 Å². The Morgan fingerprint density at radius 3 is 2.25 bits per heavy atom. The third kappa shape index (κ3) is 2.17. The van der Waals surface area contributed by atoms with Gasteiger partial charge in [0.25, 0.3) is 0 Å². The van der Waals surface area contributed by atoms with Crippen LogP contribution in [0.5, 0.6) is 0 Å². The van der Waals surface area contributed by atoms with Crippen LogP contribution >= 0.6 is 15.9 Å². The Balaban J connectivity index is 2.27. The first-order chi connectivity index (χ1) is 7.45. The van der Waals surface area contributed by atoms with Crippen LogP contribution in [-0.2, 0) is 9.84 Å². The largest absolute Gasteiger partial charge is 0.330 e. The molecule has 1 aliphatic carbocycles. The van der Waals surface area contributed by atoms with Gasteiger partial charge in [0.1, 0.15) is 0 Å². The molecule has 0 amide bonds. The van der Waals surface area contributed by atoms with E-state index in [1.165, 1.54) is 6.26 Å². The van der Waals surface area contributed by atoms with Crippen LogP contribution in [0.2, 0.25) is 0 Å². The maximum Gasteiger partial charge on any atom is 0.151 e. The van der Waals surface area contributed by atoms with Crippen LogP contribution in [0, 0.1) is 5.92 Å². The first-order valence-electron chi connectivity index (χ1n) is 5.09. The minimum absolute atomic E-state index is 0.0769. The van der Waals surface area contributed by atoms with E-state index in [2.05, 4.69) is 15.9 Å². The molecule has 0 saturated heterocycles. The third-order valence-electron chi connectivity index (χ3n) is 3.12. The Labute approximate surface area is 104 Å². The first-order valence-corrected chi connectivity index (χ1v) is 7.84. The summed E-state index contributed by atoms with van der Waals surface area (Å²) in [5.41, 5.74) is 6.67. The molecule has 88 valence electrons. The Morgan fingerprint density at radius 1 is 1.31 bits per heavy atom. The molecule has 0 heterocycles. The number of sulfone groups is 1. The topological polar surface area (TPSA) is 60.2 Å². The monoisotopic (exact) mass is 303 g/mol. The molecular weight excluding hydrogens is 290 g/mol. The summed E-state index contributed by atoms with van der Waals surface area (Å²) in [5.74, 6) is 0.157. The molecule has 1 aromatic carbocycles. The molecule has 2 N–H and O–H groups in total. The molecule has 0 aromatic heterocycles. The van der Waals surface area contributed by atoms with Gasteiger partial charge in [0.15, 0.2) is 9.84 Å². The summed E-state index contributed by atoms with van der Waals surface area (Å²) in [4.78, 5) is 0. The van der Waals surface area contributed by atoms with Crippen molar-refractivity contribution in [3.05, 3.63) is 34.3 Å². The highest BCUT2D eigenvalue weighted by Crippen LogP contribution is 2.51. The Morgan fingerprint density at radius 2 is 1.88 bits per heavy atom. The molecule has 16 heavy (non-hydrogen) atoms. The first kappa shape index (κ1) is 12.1. The Hall–Kier alpha value is -0.390. The summed E-state index contributed by atoms with van der Waals surface area (Å²) < 4.78 is 24.1. The van der Waals surface area contributed by atoms with Gasteiger partial charge in [-0.3, -0.25) is 0 Å². The fraction of sp³-hybridized carbons (Fsp3) is 0.455. The van der Waals surface area contributed by atoms with Crippen molar-refractivity contribution >= 4 is 25.8 Å². The third-order valence-corrected chi connectivity index (χ3v) is 5.28. The number of nitrogens with two attached hydrogens (primary N) is 1. The van der Waals surface area contributed by atoms with Crippen molar-refractivity contribution in [1.29, 1.82) is 0 Å². The maximum atomic E-state index is 11.5. The van der Waals surface area contributed by atoms with E-state index in [-0.39, 0.29) is 17.1 Å². The summed E-state index contributed by atoms with van der Waals surface area (Å²) in [7, 11) is -2.99. The SMILES string of the molecule is CS(=O)(=O)C1C(CN)C1c1ccc(Br)cc1. The smallest absolute Gasteiger partial charge is 0.151 e. The van der Waals surface area contributed by atoms with Crippen molar-refractivity contribution < 1.29 is 8.42 Å². The van der Waals surface area contributed by atoms with Crippen molar-refractivity contribution in [1.82, 2.24) is 0 Å². The van der Waals surface area contributed by atoms with Gasteiger partial charge in [-0.05, 0) is 30.2 Å². The van der Waals surface area contributed by atoms with E-state index < -0.39 is 9.84 Å². The van der Waals surface area contributed by atoms with Crippen LogP contribution in [0.4, 0.5) is 0 Å². The molecule has 3 nitrogen and oxygen atoms in total. The average molecular weight is 304 g/mol. The van der Waals surface area contributed by atoms with Gasteiger partial charge in [-0.15, -0.1) is 0 Å². The second-order valence-electron chi connectivity index (χ2n) is 4.27. The van der Waals surface area contributed by atoms with Gasteiger partial charge in [0.05, 0.1) is 5.25 Å². The predicted octanol–water partition coefficient (Wildman–Crippen LogP) is 1.53. The predicted molar refractivity (Wildman–Crippen MR) is 68.1 cm³/mol. The maximum absolute atomic E-state index is 11.5. The lowest BCUT2D eigenvalue weighted by molar-refractivity contribution is 0.597. The number of benzene rings is 1. The highest BCUT2D eigenvalue weighted by molar-refractivity contribution is 9.10. The zero-order chi connectivity index (χ0) is 11.9. The molecule has 0 spiro atoms. The van der Waals surface area contributed by atoms with Gasteiger partial charge < -0.3 is 5.73 Å². The molecule has 1 saturated carbocycles. The molecule has 3 atom stereocenters. The highest BCUT2D eigenvalue weighted by Gasteiger charge is 2.55. The van der Waals surface area contributed by atoms with Crippen molar-refractivity contribution in [2.45, 2.75) is 11.2 Å². The lowest BCUT2D eigenvalue weighted by atomic mass is 10.1. The molecule has 1 aliphatic rings. The molecule has 0 bridgehead atoms. The van der Waals surface area contributed by atoms with Crippen LogP contribution in [0.15, 0.2) is 28.7 Å². The average Bonchev–Trinajstić information content (AvgIpc) is 2.92. The van der Waals surface area contributed by atoms with Gasteiger partial charge in [-0.2, -0.15) is 0 Å². The van der Waals surface area contributed by atoms with Crippen LogP contribution in [-0.4, -0.2) is 26.5 Å². The lowest BCUT2D eigenvalue weighted by Gasteiger charge is -1.99. The molecule has 5 heteroatoms. The number of hydrogen-bond donors (Lipinski definition) is 1. The number of hydrogen-bond acceptors (Lipinski definition) is 3. The van der Waals surface area contributed by atoms with Crippen LogP contribution in [0.25, 0.3) is 0 Å². The van der Waals surface area contributed by atoms with Gasteiger partial charge >= 0.3 is 0 Å². The molecule has 3 unspecified atom stereocenters. The minimum atomic E-state index is -2.99. The second kappa shape index (κ2) is 4.13. The molecule has 1 aromatic rings. The highest BCUT2D eigenvalue weighted by atomic mass is 79.9. The summed E-state index contributed by atoms with van der Waals surface area (Å²) in [6, 6.07) is 7.78. The number of halogens is 1. The van der Waals surface area contributed by atoms with E-state index >= 15 is 0 Å². The van der Waals surface area contributed by atoms with Crippen molar-refractivity contribution in [2.24, 2.45) is 11.7 Å². The fourth-order valence-electron chi connectivity index (χ4n) is 2.33.